The molecule has 1 atom stereocenters. The predicted octanol–water partition coefficient (Wildman–Crippen LogP) is 2.61. The molecule has 4 nitrogen and oxygen atoms in total. The van der Waals surface area contributed by atoms with Crippen LogP contribution in [0.2, 0.25) is 0 Å². The van der Waals surface area contributed by atoms with Crippen molar-refractivity contribution in [1.82, 2.24) is 9.78 Å². The van der Waals surface area contributed by atoms with Gasteiger partial charge in [0.2, 0.25) is 0 Å². The molecule has 2 rings (SSSR count). The van der Waals surface area contributed by atoms with Gasteiger partial charge in [0.25, 0.3) is 0 Å². The van der Waals surface area contributed by atoms with Gasteiger partial charge >= 0.3 is 5.97 Å². The first-order chi connectivity index (χ1) is 10.0. The van der Waals surface area contributed by atoms with Crippen molar-refractivity contribution in [3.63, 3.8) is 0 Å². The first kappa shape index (κ1) is 15.2. The summed E-state index contributed by atoms with van der Waals surface area (Å²) in [5.74, 6) is -1.94. The van der Waals surface area contributed by atoms with Crippen LogP contribution in [0.25, 0.3) is 0 Å². The Kier molecular flexibility index (Phi) is 4.73. The minimum absolute atomic E-state index is 0.175. The summed E-state index contributed by atoms with van der Waals surface area (Å²) in [6.07, 6.45) is 1.32. The molecule has 1 unspecified atom stereocenters. The van der Waals surface area contributed by atoms with Gasteiger partial charge in [0.15, 0.2) is 0 Å². The van der Waals surface area contributed by atoms with E-state index in [1.54, 1.807) is 29.9 Å². The second kappa shape index (κ2) is 6.52. The zero-order valence-electron chi connectivity index (χ0n) is 12.2. The Morgan fingerprint density at radius 3 is 2.67 bits per heavy atom. The van der Waals surface area contributed by atoms with Crippen LogP contribution in [0.1, 0.15) is 23.9 Å². The lowest BCUT2D eigenvalue weighted by molar-refractivity contribution is -0.141. The molecule has 0 spiro atoms. The van der Waals surface area contributed by atoms with Crippen LogP contribution in [0, 0.1) is 11.7 Å². The minimum Gasteiger partial charge on any atom is -0.481 e. The number of benzene rings is 1. The van der Waals surface area contributed by atoms with Crippen molar-refractivity contribution in [2.24, 2.45) is 13.0 Å². The molecule has 0 amide bonds. The fourth-order valence-electron chi connectivity index (χ4n) is 2.36. The summed E-state index contributed by atoms with van der Waals surface area (Å²) in [5, 5.41) is 13.7. The number of carboxylic acids is 1. The average Bonchev–Trinajstić information content (AvgIpc) is 2.81. The van der Waals surface area contributed by atoms with Crippen LogP contribution in [0.4, 0.5) is 4.39 Å². The van der Waals surface area contributed by atoms with Gasteiger partial charge in [-0.15, -0.1) is 0 Å². The van der Waals surface area contributed by atoms with Crippen LogP contribution >= 0.6 is 0 Å². The molecule has 0 fully saturated rings. The van der Waals surface area contributed by atoms with E-state index in [4.69, 9.17) is 0 Å². The van der Waals surface area contributed by atoms with Gasteiger partial charge in [0.1, 0.15) is 5.82 Å². The molecule has 0 saturated carbocycles. The number of rotatable bonds is 6. The molecule has 0 bridgehead atoms. The van der Waals surface area contributed by atoms with E-state index in [1.165, 1.54) is 6.07 Å². The quantitative estimate of drug-likeness (QED) is 0.889. The Bertz CT molecular complexity index is 637. The lowest BCUT2D eigenvalue weighted by Gasteiger charge is -2.13. The summed E-state index contributed by atoms with van der Waals surface area (Å²) in [6, 6.07) is 8.22. The highest BCUT2D eigenvalue weighted by molar-refractivity contribution is 5.70. The largest absolute Gasteiger partial charge is 0.481 e. The number of aromatic nitrogens is 2. The predicted molar refractivity (Wildman–Crippen MR) is 77.5 cm³/mol. The minimum atomic E-state index is -0.919. The van der Waals surface area contributed by atoms with E-state index in [-0.39, 0.29) is 12.2 Å². The van der Waals surface area contributed by atoms with Gasteiger partial charge in [-0.3, -0.25) is 9.48 Å². The van der Waals surface area contributed by atoms with E-state index in [9.17, 15) is 14.3 Å². The summed E-state index contributed by atoms with van der Waals surface area (Å²) in [7, 11) is 1.80. The molecule has 0 aliphatic heterocycles. The lowest BCUT2D eigenvalue weighted by Crippen LogP contribution is -2.21. The summed E-state index contributed by atoms with van der Waals surface area (Å²) in [5.41, 5.74) is 2.22. The lowest BCUT2D eigenvalue weighted by atomic mass is 9.94. The van der Waals surface area contributed by atoms with E-state index in [0.29, 0.717) is 12.0 Å². The number of aryl methyl sites for hydroxylation is 2. The third kappa shape index (κ3) is 3.68. The molecular weight excluding hydrogens is 271 g/mol. The van der Waals surface area contributed by atoms with Crippen LogP contribution in [0.3, 0.4) is 0 Å². The third-order valence-electron chi connectivity index (χ3n) is 3.62. The number of halogens is 1. The zero-order valence-corrected chi connectivity index (χ0v) is 12.2. The zero-order chi connectivity index (χ0) is 15.4. The maximum Gasteiger partial charge on any atom is 0.307 e. The molecule has 1 aromatic carbocycles. The van der Waals surface area contributed by atoms with Crippen LogP contribution in [-0.4, -0.2) is 20.9 Å². The average molecular weight is 290 g/mol. The van der Waals surface area contributed by atoms with Crippen LogP contribution < -0.4 is 0 Å². The van der Waals surface area contributed by atoms with E-state index in [2.05, 4.69) is 5.10 Å². The smallest absolute Gasteiger partial charge is 0.307 e. The normalized spacial score (nSPS) is 12.3. The Balaban J connectivity index is 2.18. The van der Waals surface area contributed by atoms with Gasteiger partial charge in [-0.1, -0.05) is 25.1 Å². The standard InChI is InChI=1S/C16H19FN2O2/c1-3-13-10-14(19(2)18-13)9-12(16(20)21)8-11-6-4-5-7-15(11)17/h4-7,10,12H,3,8-9H2,1-2H3,(H,20,21). The number of hydrogen-bond donors (Lipinski definition) is 1. The van der Waals surface area contributed by atoms with E-state index in [0.717, 1.165) is 17.8 Å². The monoisotopic (exact) mass is 290 g/mol. The van der Waals surface area contributed by atoms with Crippen molar-refractivity contribution in [1.29, 1.82) is 0 Å². The molecule has 2 aromatic rings. The van der Waals surface area contributed by atoms with Crippen molar-refractivity contribution >= 4 is 5.97 Å². The summed E-state index contributed by atoms with van der Waals surface area (Å²) in [4.78, 5) is 11.5. The maximum atomic E-state index is 13.7. The molecule has 0 radical (unpaired) electrons. The van der Waals surface area contributed by atoms with Gasteiger partial charge in [-0.25, -0.2) is 4.39 Å². The topological polar surface area (TPSA) is 55.1 Å². The van der Waals surface area contributed by atoms with Crippen LogP contribution in [0.5, 0.6) is 0 Å². The van der Waals surface area contributed by atoms with Crippen LogP contribution in [0.15, 0.2) is 30.3 Å². The van der Waals surface area contributed by atoms with Gasteiger partial charge in [0.05, 0.1) is 11.6 Å². The van der Waals surface area contributed by atoms with E-state index < -0.39 is 11.9 Å². The molecule has 21 heavy (non-hydrogen) atoms. The summed E-state index contributed by atoms with van der Waals surface area (Å²) >= 11 is 0. The number of nitrogens with zero attached hydrogens (tertiary/aromatic N) is 2. The Hall–Kier alpha value is -2.17. The SMILES string of the molecule is CCc1cc(CC(Cc2ccccc2F)C(=O)O)n(C)n1. The first-order valence-corrected chi connectivity index (χ1v) is 6.99. The van der Waals surface area contributed by atoms with Crippen LogP contribution in [-0.2, 0) is 31.1 Å². The second-order valence-electron chi connectivity index (χ2n) is 5.14. The highest BCUT2D eigenvalue weighted by Gasteiger charge is 2.22. The highest BCUT2D eigenvalue weighted by atomic mass is 19.1. The Morgan fingerprint density at radius 1 is 1.38 bits per heavy atom. The van der Waals surface area contributed by atoms with Crippen molar-refractivity contribution in [2.75, 3.05) is 0 Å². The van der Waals surface area contributed by atoms with E-state index in [1.807, 2.05) is 13.0 Å². The van der Waals surface area contributed by atoms with Gasteiger partial charge in [0, 0.05) is 19.2 Å². The summed E-state index contributed by atoms with van der Waals surface area (Å²) in [6.45, 7) is 2.00. The number of aliphatic carboxylic acids is 1. The molecule has 1 aromatic heterocycles. The number of hydrogen-bond acceptors (Lipinski definition) is 2. The van der Waals surface area contributed by atoms with E-state index >= 15 is 0 Å². The first-order valence-electron chi connectivity index (χ1n) is 6.99. The van der Waals surface area contributed by atoms with Crippen molar-refractivity contribution in [3.8, 4) is 0 Å². The Labute approximate surface area is 123 Å². The molecular formula is C16H19FN2O2. The number of carboxylic acid groups (broad SMARTS) is 1. The molecule has 0 aliphatic rings. The maximum absolute atomic E-state index is 13.7. The van der Waals surface area contributed by atoms with Crippen molar-refractivity contribution in [2.45, 2.75) is 26.2 Å². The van der Waals surface area contributed by atoms with Gasteiger partial charge in [-0.05, 0) is 30.5 Å². The molecule has 5 heteroatoms. The molecule has 1 heterocycles. The molecule has 1 N–H and O–H groups in total. The summed E-state index contributed by atoms with van der Waals surface area (Å²) < 4.78 is 15.4. The second-order valence-corrected chi connectivity index (χ2v) is 5.14. The Morgan fingerprint density at radius 2 is 2.10 bits per heavy atom. The highest BCUT2D eigenvalue weighted by Crippen LogP contribution is 2.18. The van der Waals surface area contributed by atoms with Crippen molar-refractivity contribution < 1.29 is 14.3 Å². The van der Waals surface area contributed by atoms with Gasteiger partial charge in [-0.2, -0.15) is 5.10 Å². The fourth-order valence-corrected chi connectivity index (χ4v) is 2.36. The molecule has 0 aliphatic carbocycles. The molecule has 0 saturated heterocycles. The molecule has 112 valence electrons. The van der Waals surface area contributed by atoms with Gasteiger partial charge < -0.3 is 5.11 Å². The third-order valence-corrected chi connectivity index (χ3v) is 3.62. The number of carbonyl (C=O) groups is 1. The van der Waals surface area contributed by atoms with Crippen molar-refractivity contribution in [3.05, 3.63) is 53.1 Å². The fraction of sp³-hybridized carbons (Fsp3) is 0.375.